The van der Waals surface area contributed by atoms with Crippen LogP contribution in [-0.4, -0.2) is 31.7 Å². The number of halogens is 1. The highest BCUT2D eigenvalue weighted by atomic mass is 35.5. The number of hydrogen-bond acceptors (Lipinski definition) is 5. The second-order valence-corrected chi connectivity index (χ2v) is 4.52. The van der Waals surface area contributed by atoms with Crippen molar-refractivity contribution in [3.05, 3.63) is 34.9 Å². The summed E-state index contributed by atoms with van der Waals surface area (Å²) in [4.78, 5) is 36.5. The molecule has 0 bridgehead atoms. The first-order chi connectivity index (χ1) is 9.99. The summed E-state index contributed by atoms with van der Waals surface area (Å²) in [6.45, 7) is 1.83. The van der Waals surface area contributed by atoms with Crippen LogP contribution in [0.4, 0.5) is 10.5 Å². The molecule has 0 aliphatic carbocycles. The van der Waals surface area contributed by atoms with Crippen molar-refractivity contribution in [1.29, 1.82) is 0 Å². The summed E-state index contributed by atoms with van der Waals surface area (Å²) >= 11 is 5.91. The van der Waals surface area contributed by atoms with E-state index in [1.54, 1.807) is 6.92 Å². The Balaban J connectivity index is 2.54. The van der Waals surface area contributed by atoms with Gasteiger partial charge in [-0.05, 0) is 25.1 Å². The van der Waals surface area contributed by atoms with Gasteiger partial charge in [0.25, 0.3) is 5.91 Å². The molecule has 6 nitrogen and oxygen atoms in total. The van der Waals surface area contributed by atoms with Crippen molar-refractivity contribution in [2.45, 2.75) is 6.92 Å². The molecule has 0 saturated heterocycles. The van der Waals surface area contributed by atoms with Gasteiger partial charge in [0, 0.05) is 16.7 Å². The van der Waals surface area contributed by atoms with Gasteiger partial charge in [-0.1, -0.05) is 11.6 Å². The van der Waals surface area contributed by atoms with Crippen molar-refractivity contribution in [1.82, 2.24) is 0 Å². The fourth-order valence-electron chi connectivity index (χ4n) is 1.98. The van der Waals surface area contributed by atoms with Crippen molar-refractivity contribution in [2.75, 3.05) is 18.6 Å². The molecule has 110 valence electrons. The van der Waals surface area contributed by atoms with E-state index < -0.39 is 18.0 Å². The minimum absolute atomic E-state index is 0.0383. The Morgan fingerprint density at radius 1 is 1.38 bits per heavy atom. The maximum atomic E-state index is 12.3. The second kappa shape index (κ2) is 5.97. The van der Waals surface area contributed by atoms with Crippen LogP contribution in [0.2, 0.25) is 5.02 Å². The van der Waals surface area contributed by atoms with Crippen LogP contribution in [0.1, 0.15) is 12.5 Å². The van der Waals surface area contributed by atoms with Gasteiger partial charge in [-0.15, -0.1) is 0 Å². The van der Waals surface area contributed by atoms with Crippen LogP contribution in [-0.2, 0) is 19.1 Å². The van der Waals surface area contributed by atoms with Gasteiger partial charge in [0.05, 0.1) is 25.0 Å². The molecule has 0 saturated carbocycles. The summed E-state index contributed by atoms with van der Waals surface area (Å²) in [7, 11) is 1.16. The van der Waals surface area contributed by atoms with Crippen molar-refractivity contribution < 1.29 is 23.9 Å². The summed E-state index contributed by atoms with van der Waals surface area (Å²) in [6, 6.07) is 4.55. The smallest absolute Gasteiger partial charge is 0.421 e. The Bertz CT molecular complexity index is 653. The second-order valence-electron chi connectivity index (χ2n) is 4.08. The number of benzene rings is 1. The van der Waals surface area contributed by atoms with Crippen LogP contribution in [0.25, 0.3) is 5.57 Å². The van der Waals surface area contributed by atoms with E-state index >= 15 is 0 Å². The van der Waals surface area contributed by atoms with Gasteiger partial charge in [-0.25, -0.2) is 14.5 Å². The molecular weight excluding hydrogens is 298 g/mol. The molecule has 0 N–H and O–H groups in total. The highest BCUT2D eigenvalue weighted by molar-refractivity contribution is 6.41. The number of ether oxygens (including phenoxy) is 2. The fourth-order valence-corrected chi connectivity index (χ4v) is 2.15. The first kappa shape index (κ1) is 15.1. The third-order valence-corrected chi connectivity index (χ3v) is 3.06. The van der Waals surface area contributed by atoms with Gasteiger partial charge in [0.2, 0.25) is 0 Å². The van der Waals surface area contributed by atoms with E-state index in [2.05, 4.69) is 4.74 Å². The molecule has 1 aliphatic rings. The van der Waals surface area contributed by atoms with Crippen LogP contribution in [0.5, 0.6) is 0 Å². The highest BCUT2D eigenvalue weighted by Gasteiger charge is 2.38. The Morgan fingerprint density at radius 3 is 2.71 bits per heavy atom. The van der Waals surface area contributed by atoms with Gasteiger partial charge in [0.15, 0.2) is 0 Å². The standard InChI is InChI=1S/C14H12ClNO5/c1-3-21-12(17)7-10-9-6-8(15)4-5-11(9)16(13(10)18)14(19)20-2/h4-7H,3H2,1-2H3/b10-7+. The number of anilines is 1. The Kier molecular flexibility index (Phi) is 4.28. The van der Waals surface area contributed by atoms with Gasteiger partial charge in [0.1, 0.15) is 0 Å². The van der Waals surface area contributed by atoms with E-state index in [9.17, 15) is 14.4 Å². The number of amides is 2. The van der Waals surface area contributed by atoms with Crippen molar-refractivity contribution in [3.8, 4) is 0 Å². The first-order valence-electron chi connectivity index (χ1n) is 6.10. The quantitative estimate of drug-likeness (QED) is 0.619. The van der Waals surface area contributed by atoms with Crippen LogP contribution < -0.4 is 4.90 Å². The molecule has 2 amide bonds. The molecule has 0 atom stereocenters. The van der Waals surface area contributed by atoms with Crippen LogP contribution >= 0.6 is 11.6 Å². The highest BCUT2D eigenvalue weighted by Crippen LogP contribution is 2.38. The molecule has 0 unspecified atom stereocenters. The number of esters is 1. The Hall–Kier alpha value is -2.34. The molecule has 0 radical (unpaired) electrons. The van der Waals surface area contributed by atoms with E-state index in [0.29, 0.717) is 16.3 Å². The number of carbonyl (C=O) groups is 3. The lowest BCUT2D eigenvalue weighted by Crippen LogP contribution is -2.33. The van der Waals surface area contributed by atoms with Crippen LogP contribution in [0, 0.1) is 0 Å². The number of fused-ring (bicyclic) bond motifs is 1. The van der Waals surface area contributed by atoms with E-state index in [1.807, 2.05) is 0 Å². The minimum Gasteiger partial charge on any atom is -0.463 e. The van der Waals surface area contributed by atoms with Crippen LogP contribution in [0.15, 0.2) is 24.3 Å². The molecule has 0 fully saturated rings. The summed E-state index contributed by atoms with van der Waals surface area (Å²) < 4.78 is 9.37. The number of imide groups is 1. The SMILES string of the molecule is CCOC(=O)/C=C1/C(=O)N(C(=O)OC)c2ccc(Cl)cc21. The monoisotopic (exact) mass is 309 g/mol. The summed E-state index contributed by atoms with van der Waals surface area (Å²) in [6.07, 6.45) is 0.208. The third kappa shape index (κ3) is 2.75. The molecule has 1 aliphatic heterocycles. The molecular formula is C14H12ClNO5. The molecule has 0 spiro atoms. The Morgan fingerprint density at radius 2 is 2.10 bits per heavy atom. The largest absolute Gasteiger partial charge is 0.463 e. The first-order valence-corrected chi connectivity index (χ1v) is 6.48. The van der Waals surface area contributed by atoms with Crippen LogP contribution in [0.3, 0.4) is 0 Å². The van der Waals surface area contributed by atoms with E-state index in [-0.39, 0.29) is 12.2 Å². The molecule has 2 rings (SSSR count). The Labute approximate surface area is 125 Å². The van der Waals surface area contributed by atoms with Crippen molar-refractivity contribution in [2.24, 2.45) is 0 Å². The minimum atomic E-state index is -0.837. The van der Waals surface area contributed by atoms with Gasteiger partial charge in [-0.2, -0.15) is 0 Å². The lowest BCUT2D eigenvalue weighted by molar-refractivity contribution is -0.137. The molecule has 1 aromatic carbocycles. The predicted octanol–water partition coefficient (Wildman–Crippen LogP) is 2.40. The fraction of sp³-hybridized carbons (Fsp3) is 0.214. The third-order valence-electron chi connectivity index (χ3n) is 2.83. The summed E-state index contributed by atoms with van der Waals surface area (Å²) in [5.41, 5.74) is 0.731. The number of rotatable bonds is 2. The molecule has 1 heterocycles. The van der Waals surface area contributed by atoms with Gasteiger partial charge < -0.3 is 9.47 Å². The zero-order valence-corrected chi connectivity index (χ0v) is 12.1. The van der Waals surface area contributed by atoms with E-state index in [1.165, 1.54) is 18.2 Å². The van der Waals surface area contributed by atoms with Crippen molar-refractivity contribution >= 4 is 40.8 Å². The molecule has 1 aromatic rings. The zero-order chi connectivity index (χ0) is 15.6. The lowest BCUT2D eigenvalue weighted by atomic mass is 10.1. The van der Waals surface area contributed by atoms with E-state index in [4.69, 9.17) is 16.3 Å². The molecule has 7 heteroatoms. The normalized spacial score (nSPS) is 15.1. The number of carbonyl (C=O) groups excluding carboxylic acids is 3. The molecule has 21 heavy (non-hydrogen) atoms. The lowest BCUT2D eigenvalue weighted by Gasteiger charge is -2.12. The molecule has 0 aromatic heterocycles. The average Bonchev–Trinajstić information content (AvgIpc) is 2.71. The van der Waals surface area contributed by atoms with E-state index in [0.717, 1.165) is 18.1 Å². The maximum Gasteiger partial charge on any atom is 0.421 e. The summed E-state index contributed by atoms with van der Waals surface area (Å²) in [5.74, 6) is -1.33. The number of nitrogens with zero attached hydrogens (tertiary/aromatic N) is 1. The van der Waals surface area contributed by atoms with Crippen molar-refractivity contribution in [3.63, 3.8) is 0 Å². The summed E-state index contributed by atoms with van der Waals surface area (Å²) in [5, 5.41) is 0.378. The average molecular weight is 310 g/mol. The predicted molar refractivity (Wildman–Crippen MR) is 76.0 cm³/mol. The zero-order valence-electron chi connectivity index (χ0n) is 11.4. The maximum absolute atomic E-state index is 12.3. The number of hydrogen-bond donors (Lipinski definition) is 0. The van der Waals surface area contributed by atoms with Gasteiger partial charge >= 0.3 is 12.1 Å². The van der Waals surface area contributed by atoms with Gasteiger partial charge in [-0.3, -0.25) is 4.79 Å². The topological polar surface area (TPSA) is 72.9 Å². The number of methoxy groups -OCH3 is 1.